The summed E-state index contributed by atoms with van der Waals surface area (Å²) in [6.07, 6.45) is 10.3. The number of unbranched alkanes of at least 4 members (excludes halogenated alkanes) is 7. The largest absolute Gasteiger partial charge is 0.497 e. The van der Waals surface area contributed by atoms with E-state index in [4.69, 9.17) is 26.8 Å². The molecule has 1 heterocycles. The molecule has 0 radical (unpaired) electrons. The number of methoxy groups -OCH3 is 2. The van der Waals surface area contributed by atoms with Gasteiger partial charge in [-0.3, -0.25) is 14.5 Å². The molecule has 1 saturated heterocycles. The summed E-state index contributed by atoms with van der Waals surface area (Å²) in [6, 6.07) is 5.49. The molecule has 1 amide bonds. The second kappa shape index (κ2) is 13.4. The monoisotopic (exact) mass is 465 g/mol. The molecule has 0 aromatic heterocycles. The minimum Gasteiger partial charge on any atom is -0.497 e. The van der Waals surface area contributed by atoms with Gasteiger partial charge in [-0.25, -0.2) is 0 Å². The molecule has 0 aliphatic carbocycles. The Balaban J connectivity index is 1.75. The second-order valence-corrected chi connectivity index (χ2v) is 9.09. The maximum absolute atomic E-state index is 12.8. The van der Waals surface area contributed by atoms with Gasteiger partial charge in [0.15, 0.2) is 0 Å². The van der Waals surface area contributed by atoms with Crippen LogP contribution in [0.3, 0.4) is 0 Å². The van der Waals surface area contributed by atoms with E-state index in [9.17, 15) is 9.59 Å². The SMILES string of the molecule is COc1ccc(/C=C2\SC(=S)N(CCCCCCCCCCC(=O)O)C2=O)c(OC)c1. The third-order valence-corrected chi connectivity index (χ3v) is 6.50. The highest BCUT2D eigenvalue weighted by Gasteiger charge is 2.31. The molecule has 0 bridgehead atoms. The summed E-state index contributed by atoms with van der Waals surface area (Å²) in [5, 5.41) is 8.62. The lowest BCUT2D eigenvalue weighted by atomic mass is 10.1. The lowest BCUT2D eigenvalue weighted by Crippen LogP contribution is -2.29. The summed E-state index contributed by atoms with van der Waals surface area (Å²) >= 11 is 6.75. The number of hydrogen-bond acceptors (Lipinski definition) is 6. The number of rotatable bonds is 14. The number of hydrogen-bond donors (Lipinski definition) is 1. The van der Waals surface area contributed by atoms with E-state index >= 15 is 0 Å². The number of ether oxygens (including phenoxy) is 2. The molecule has 6 nitrogen and oxygen atoms in total. The number of thiocarbonyl (C=S) groups is 1. The van der Waals surface area contributed by atoms with Crippen LogP contribution in [0.25, 0.3) is 6.08 Å². The maximum Gasteiger partial charge on any atom is 0.303 e. The van der Waals surface area contributed by atoms with Gasteiger partial charge in [0.1, 0.15) is 15.8 Å². The minimum absolute atomic E-state index is 0.0497. The van der Waals surface area contributed by atoms with Crippen molar-refractivity contribution in [3.63, 3.8) is 0 Å². The van der Waals surface area contributed by atoms with E-state index in [1.54, 1.807) is 25.2 Å². The van der Waals surface area contributed by atoms with E-state index in [2.05, 4.69) is 0 Å². The Labute approximate surface area is 194 Å². The van der Waals surface area contributed by atoms with Crippen molar-refractivity contribution in [2.24, 2.45) is 0 Å². The van der Waals surface area contributed by atoms with Gasteiger partial charge in [-0.15, -0.1) is 0 Å². The zero-order valence-electron chi connectivity index (χ0n) is 18.2. The minimum atomic E-state index is -0.714. The topological polar surface area (TPSA) is 76.1 Å². The molecule has 1 N–H and O–H groups in total. The molecule has 1 aliphatic heterocycles. The number of amides is 1. The molecule has 2 rings (SSSR count). The van der Waals surface area contributed by atoms with Crippen LogP contribution in [-0.2, 0) is 9.59 Å². The number of carbonyl (C=O) groups is 2. The zero-order valence-corrected chi connectivity index (χ0v) is 19.9. The highest BCUT2D eigenvalue weighted by Crippen LogP contribution is 2.35. The summed E-state index contributed by atoms with van der Waals surface area (Å²) in [5.74, 6) is 0.578. The zero-order chi connectivity index (χ0) is 22.6. The van der Waals surface area contributed by atoms with Gasteiger partial charge >= 0.3 is 5.97 Å². The summed E-state index contributed by atoms with van der Waals surface area (Å²) in [6.45, 7) is 0.639. The molecule has 0 saturated carbocycles. The number of aliphatic carboxylic acids is 1. The average Bonchev–Trinajstić information content (AvgIpc) is 3.02. The first-order valence-corrected chi connectivity index (χ1v) is 11.9. The number of thioether (sulfide) groups is 1. The summed E-state index contributed by atoms with van der Waals surface area (Å²) in [5.41, 5.74) is 0.812. The van der Waals surface area contributed by atoms with Crippen LogP contribution >= 0.6 is 24.0 Å². The lowest BCUT2D eigenvalue weighted by molar-refractivity contribution is -0.137. The van der Waals surface area contributed by atoms with Crippen molar-refractivity contribution < 1.29 is 24.2 Å². The first-order valence-electron chi connectivity index (χ1n) is 10.7. The van der Waals surface area contributed by atoms with Gasteiger partial charge in [-0.05, 0) is 31.1 Å². The highest BCUT2D eigenvalue weighted by atomic mass is 32.2. The van der Waals surface area contributed by atoms with Crippen LogP contribution in [0.2, 0.25) is 0 Å². The fourth-order valence-corrected chi connectivity index (χ4v) is 4.68. The molecule has 8 heteroatoms. The number of benzene rings is 1. The van der Waals surface area contributed by atoms with Crippen molar-refractivity contribution in [2.75, 3.05) is 20.8 Å². The predicted molar refractivity (Wildman–Crippen MR) is 129 cm³/mol. The normalized spacial score (nSPS) is 15.0. The summed E-state index contributed by atoms with van der Waals surface area (Å²) in [4.78, 5) is 25.6. The molecular weight excluding hydrogens is 434 g/mol. The molecule has 1 aliphatic rings. The number of carboxylic acid groups (broad SMARTS) is 1. The van der Waals surface area contributed by atoms with Crippen molar-refractivity contribution in [3.05, 3.63) is 28.7 Å². The van der Waals surface area contributed by atoms with Gasteiger partial charge in [-0.2, -0.15) is 0 Å². The van der Waals surface area contributed by atoms with Gasteiger partial charge < -0.3 is 14.6 Å². The van der Waals surface area contributed by atoms with Crippen LogP contribution in [0.4, 0.5) is 0 Å². The van der Waals surface area contributed by atoms with E-state index in [1.165, 1.54) is 11.8 Å². The van der Waals surface area contributed by atoms with Crippen molar-refractivity contribution in [1.29, 1.82) is 0 Å². The Morgan fingerprint density at radius 3 is 2.32 bits per heavy atom. The third kappa shape index (κ3) is 8.18. The summed E-state index contributed by atoms with van der Waals surface area (Å²) < 4.78 is 11.2. The standard InChI is InChI=1S/C23H31NO5S2/c1-28-18-13-12-17(19(16-18)29-2)15-20-22(27)24(23(30)31-20)14-10-8-6-4-3-5-7-9-11-21(25)26/h12-13,15-16H,3-11,14H2,1-2H3,(H,25,26)/b20-15-. The second-order valence-electron chi connectivity index (χ2n) is 7.41. The van der Waals surface area contributed by atoms with Crippen LogP contribution in [0, 0.1) is 0 Å². The first kappa shape index (κ1) is 25.2. The lowest BCUT2D eigenvalue weighted by Gasteiger charge is -2.14. The van der Waals surface area contributed by atoms with Crippen LogP contribution in [0.15, 0.2) is 23.1 Å². The first-order chi connectivity index (χ1) is 15.0. The van der Waals surface area contributed by atoms with Crippen LogP contribution in [0.1, 0.15) is 63.4 Å². The Kier molecular flexibility index (Phi) is 10.9. The Bertz CT molecular complexity index is 809. The van der Waals surface area contributed by atoms with Gasteiger partial charge in [0.05, 0.1) is 19.1 Å². The van der Waals surface area contributed by atoms with E-state index in [-0.39, 0.29) is 12.3 Å². The molecular formula is C23H31NO5S2. The fraction of sp³-hybridized carbons (Fsp3) is 0.522. The average molecular weight is 466 g/mol. The molecule has 0 unspecified atom stereocenters. The molecule has 0 spiro atoms. The van der Waals surface area contributed by atoms with Crippen LogP contribution in [0.5, 0.6) is 11.5 Å². The van der Waals surface area contributed by atoms with Crippen molar-refractivity contribution in [1.82, 2.24) is 4.90 Å². The molecule has 170 valence electrons. The quantitative estimate of drug-likeness (QED) is 0.221. The van der Waals surface area contributed by atoms with Gasteiger partial charge in [0, 0.05) is 24.6 Å². The molecule has 1 aromatic carbocycles. The van der Waals surface area contributed by atoms with Crippen molar-refractivity contribution >= 4 is 46.3 Å². The predicted octanol–water partition coefficient (Wildman–Crippen LogP) is 5.50. The Morgan fingerprint density at radius 2 is 1.71 bits per heavy atom. The van der Waals surface area contributed by atoms with E-state index < -0.39 is 5.97 Å². The van der Waals surface area contributed by atoms with Gasteiger partial charge in [-0.1, -0.05) is 62.5 Å². The third-order valence-electron chi connectivity index (χ3n) is 5.12. The van der Waals surface area contributed by atoms with Crippen LogP contribution < -0.4 is 9.47 Å². The Hall–Kier alpha value is -2.06. The molecule has 0 atom stereocenters. The molecule has 1 fully saturated rings. The van der Waals surface area contributed by atoms with Gasteiger partial charge in [0.25, 0.3) is 5.91 Å². The number of carbonyl (C=O) groups excluding carboxylic acids is 1. The van der Waals surface area contributed by atoms with Crippen molar-refractivity contribution in [3.8, 4) is 11.5 Å². The van der Waals surface area contributed by atoms with E-state index in [1.807, 2.05) is 18.2 Å². The number of nitrogens with zero attached hydrogens (tertiary/aromatic N) is 1. The van der Waals surface area contributed by atoms with Crippen LogP contribution in [-0.4, -0.2) is 47.0 Å². The van der Waals surface area contributed by atoms with Crippen molar-refractivity contribution in [2.45, 2.75) is 57.8 Å². The summed E-state index contributed by atoms with van der Waals surface area (Å²) in [7, 11) is 3.19. The van der Waals surface area contributed by atoms with Gasteiger partial charge in [0.2, 0.25) is 0 Å². The molecule has 1 aromatic rings. The molecule has 31 heavy (non-hydrogen) atoms. The number of carboxylic acids is 1. The van der Waals surface area contributed by atoms with E-state index in [0.29, 0.717) is 27.3 Å². The van der Waals surface area contributed by atoms with E-state index in [0.717, 1.165) is 56.9 Å². The maximum atomic E-state index is 12.8. The smallest absolute Gasteiger partial charge is 0.303 e. The Morgan fingerprint density at radius 1 is 1.06 bits per heavy atom. The highest BCUT2D eigenvalue weighted by molar-refractivity contribution is 8.26. The fourth-order valence-electron chi connectivity index (χ4n) is 3.38.